The van der Waals surface area contributed by atoms with Crippen LogP contribution >= 0.6 is 27.5 Å². The van der Waals surface area contributed by atoms with Gasteiger partial charge in [0.2, 0.25) is 0 Å². The van der Waals surface area contributed by atoms with E-state index in [0.29, 0.717) is 16.1 Å². The molecule has 1 atom stereocenters. The number of rotatable bonds is 6. The lowest BCUT2D eigenvalue weighted by atomic mass is 10.0. The van der Waals surface area contributed by atoms with Gasteiger partial charge in [0.05, 0.1) is 10.5 Å². The fourth-order valence-corrected chi connectivity index (χ4v) is 2.59. The molecule has 2 aromatic rings. The maximum Gasteiger partial charge on any atom is 0.193 e. The van der Waals surface area contributed by atoms with Crippen LogP contribution in [0.1, 0.15) is 30.7 Å². The zero-order valence-electron chi connectivity index (χ0n) is 11.1. The summed E-state index contributed by atoms with van der Waals surface area (Å²) in [6, 6.07) is 8.67. The third kappa shape index (κ3) is 4.08. The van der Waals surface area contributed by atoms with Gasteiger partial charge in [-0.25, -0.2) is 4.39 Å². The number of hydrogen-bond donors (Lipinski definition) is 1. The Balaban J connectivity index is 2.16. The molecule has 1 aromatic carbocycles. The molecule has 0 radical (unpaired) electrons. The molecule has 0 saturated heterocycles. The molecule has 0 amide bonds. The van der Waals surface area contributed by atoms with E-state index in [1.54, 1.807) is 18.2 Å². The first-order valence-electron chi connectivity index (χ1n) is 6.52. The SMILES string of the molecule is CCCNC(Cc1ccc(F)c(Br)c1)c1ccc(Cl)o1. The van der Waals surface area contributed by atoms with Crippen molar-refractivity contribution in [2.24, 2.45) is 0 Å². The number of nitrogens with one attached hydrogen (secondary N) is 1. The molecule has 0 bridgehead atoms. The number of hydrogen-bond acceptors (Lipinski definition) is 2. The van der Waals surface area contributed by atoms with Crippen LogP contribution in [0.4, 0.5) is 4.39 Å². The second kappa shape index (κ2) is 7.25. The van der Waals surface area contributed by atoms with Gasteiger partial charge in [-0.1, -0.05) is 13.0 Å². The van der Waals surface area contributed by atoms with Crippen molar-refractivity contribution in [1.29, 1.82) is 0 Å². The second-order valence-corrected chi connectivity index (χ2v) is 5.83. The molecular formula is C15H16BrClFNO. The van der Waals surface area contributed by atoms with Gasteiger partial charge in [-0.3, -0.25) is 0 Å². The lowest BCUT2D eigenvalue weighted by molar-refractivity contribution is 0.411. The van der Waals surface area contributed by atoms with Crippen LogP contribution in [0.3, 0.4) is 0 Å². The summed E-state index contributed by atoms with van der Waals surface area (Å²) in [5.41, 5.74) is 1.03. The normalized spacial score (nSPS) is 12.6. The molecule has 0 saturated carbocycles. The molecule has 1 aromatic heterocycles. The quantitative estimate of drug-likeness (QED) is 0.773. The molecule has 5 heteroatoms. The van der Waals surface area contributed by atoms with Crippen LogP contribution in [0.5, 0.6) is 0 Å². The number of halogens is 3. The fraction of sp³-hybridized carbons (Fsp3) is 0.333. The van der Waals surface area contributed by atoms with Crippen molar-refractivity contribution in [3.05, 3.63) is 57.2 Å². The van der Waals surface area contributed by atoms with Crippen molar-refractivity contribution in [1.82, 2.24) is 5.32 Å². The largest absolute Gasteiger partial charge is 0.448 e. The third-order valence-electron chi connectivity index (χ3n) is 3.00. The molecule has 0 fully saturated rings. The standard InChI is InChI=1S/C15H16BrClFNO/c1-2-7-19-13(14-5-6-15(17)20-14)9-10-3-4-12(18)11(16)8-10/h3-6,8,13,19H,2,7,9H2,1H3. The van der Waals surface area contributed by atoms with Gasteiger partial charge in [0, 0.05) is 0 Å². The van der Waals surface area contributed by atoms with Crippen LogP contribution < -0.4 is 5.32 Å². The minimum atomic E-state index is -0.257. The van der Waals surface area contributed by atoms with Crippen LogP contribution in [0, 0.1) is 5.82 Å². The summed E-state index contributed by atoms with van der Waals surface area (Å²) in [6.07, 6.45) is 1.74. The van der Waals surface area contributed by atoms with Crippen molar-refractivity contribution < 1.29 is 8.81 Å². The predicted octanol–water partition coefficient (Wildman–Crippen LogP) is 5.12. The molecule has 0 aliphatic heterocycles. The second-order valence-electron chi connectivity index (χ2n) is 4.60. The maximum absolute atomic E-state index is 13.3. The number of benzene rings is 1. The topological polar surface area (TPSA) is 25.2 Å². The van der Waals surface area contributed by atoms with Crippen molar-refractivity contribution >= 4 is 27.5 Å². The average molecular weight is 361 g/mol. The fourth-order valence-electron chi connectivity index (χ4n) is 2.01. The molecule has 1 N–H and O–H groups in total. The highest BCUT2D eigenvalue weighted by Gasteiger charge is 2.16. The maximum atomic E-state index is 13.3. The van der Waals surface area contributed by atoms with E-state index in [1.165, 1.54) is 6.07 Å². The highest BCUT2D eigenvalue weighted by atomic mass is 79.9. The summed E-state index contributed by atoms with van der Waals surface area (Å²) in [5, 5.41) is 3.80. The molecule has 1 heterocycles. The minimum Gasteiger partial charge on any atom is -0.448 e. The van der Waals surface area contributed by atoms with Crippen LogP contribution in [0.2, 0.25) is 5.22 Å². The Morgan fingerprint density at radius 2 is 2.15 bits per heavy atom. The Bertz CT molecular complexity index is 573. The first kappa shape index (κ1) is 15.5. The smallest absolute Gasteiger partial charge is 0.193 e. The molecule has 0 aliphatic carbocycles. The summed E-state index contributed by atoms with van der Waals surface area (Å²) < 4.78 is 19.2. The molecule has 1 unspecified atom stereocenters. The lowest BCUT2D eigenvalue weighted by Crippen LogP contribution is -2.23. The Morgan fingerprint density at radius 1 is 1.35 bits per heavy atom. The van der Waals surface area contributed by atoms with E-state index in [4.69, 9.17) is 16.0 Å². The third-order valence-corrected chi connectivity index (χ3v) is 3.81. The summed E-state index contributed by atoms with van der Waals surface area (Å²) in [4.78, 5) is 0. The summed E-state index contributed by atoms with van der Waals surface area (Å²) in [6.45, 7) is 2.99. The van der Waals surface area contributed by atoms with Crippen molar-refractivity contribution in [3.8, 4) is 0 Å². The van der Waals surface area contributed by atoms with Gasteiger partial charge in [0.1, 0.15) is 11.6 Å². The zero-order valence-corrected chi connectivity index (χ0v) is 13.5. The summed E-state index contributed by atoms with van der Waals surface area (Å²) in [5.74, 6) is 0.539. The lowest BCUT2D eigenvalue weighted by Gasteiger charge is -2.16. The highest BCUT2D eigenvalue weighted by Crippen LogP contribution is 2.25. The molecule has 2 rings (SSSR count). The van der Waals surface area contributed by atoms with Gasteiger partial charge >= 0.3 is 0 Å². The van der Waals surface area contributed by atoms with Crippen LogP contribution in [-0.4, -0.2) is 6.54 Å². The van der Waals surface area contributed by atoms with Gasteiger partial charge < -0.3 is 9.73 Å². The Kier molecular flexibility index (Phi) is 5.64. The minimum absolute atomic E-state index is 0.0276. The molecule has 2 nitrogen and oxygen atoms in total. The van der Waals surface area contributed by atoms with Crippen LogP contribution in [-0.2, 0) is 6.42 Å². The van der Waals surface area contributed by atoms with Gasteiger partial charge in [-0.15, -0.1) is 0 Å². The summed E-state index contributed by atoms with van der Waals surface area (Å²) in [7, 11) is 0. The molecule has 0 aliphatic rings. The average Bonchev–Trinajstić information content (AvgIpc) is 2.85. The Hall–Kier alpha value is -0.840. The van der Waals surface area contributed by atoms with E-state index in [-0.39, 0.29) is 11.9 Å². The van der Waals surface area contributed by atoms with E-state index in [2.05, 4.69) is 28.2 Å². The molecule has 0 spiro atoms. The van der Waals surface area contributed by atoms with Gasteiger partial charge in [0.15, 0.2) is 5.22 Å². The Labute approximate surface area is 131 Å². The van der Waals surface area contributed by atoms with Crippen LogP contribution in [0.15, 0.2) is 39.2 Å². The van der Waals surface area contributed by atoms with E-state index in [1.807, 2.05) is 6.07 Å². The first-order valence-corrected chi connectivity index (χ1v) is 7.69. The van der Waals surface area contributed by atoms with Gasteiger partial charge in [0.25, 0.3) is 0 Å². The monoisotopic (exact) mass is 359 g/mol. The van der Waals surface area contributed by atoms with Crippen molar-refractivity contribution in [3.63, 3.8) is 0 Å². The van der Waals surface area contributed by atoms with Crippen molar-refractivity contribution in [2.75, 3.05) is 6.54 Å². The summed E-state index contributed by atoms with van der Waals surface area (Å²) >= 11 is 9.05. The van der Waals surface area contributed by atoms with Gasteiger partial charge in [-0.2, -0.15) is 0 Å². The molecular weight excluding hydrogens is 345 g/mol. The van der Waals surface area contributed by atoms with Crippen LogP contribution in [0.25, 0.3) is 0 Å². The van der Waals surface area contributed by atoms with Gasteiger partial charge in [-0.05, 0) is 76.7 Å². The van der Waals surface area contributed by atoms with Crippen molar-refractivity contribution in [2.45, 2.75) is 25.8 Å². The Morgan fingerprint density at radius 3 is 2.75 bits per heavy atom. The molecule has 108 valence electrons. The first-order chi connectivity index (χ1) is 9.60. The molecule has 20 heavy (non-hydrogen) atoms. The number of furan rings is 1. The van der Waals surface area contributed by atoms with E-state index in [9.17, 15) is 4.39 Å². The predicted molar refractivity (Wildman–Crippen MR) is 82.6 cm³/mol. The highest BCUT2D eigenvalue weighted by molar-refractivity contribution is 9.10. The zero-order chi connectivity index (χ0) is 14.5. The van der Waals surface area contributed by atoms with E-state index >= 15 is 0 Å². The van der Waals surface area contributed by atoms with E-state index in [0.717, 1.165) is 24.3 Å². The van der Waals surface area contributed by atoms with E-state index < -0.39 is 0 Å².